The van der Waals surface area contributed by atoms with Crippen molar-refractivity contribution in [2.45, 2.75) is 25.2 Å². The summed E-state index contributed by atoms with van der Waals surface area (Å²) in [5, 5.41) is 9.60. The molecule has 2 aliphatic rings. The van der Waals surface area contributed by atoms with E-state index in [9.17, 15) is 9.18 Å². The van der Waals surface area contributed by atoms with Gasteiger partial charge in [-0.25, -0.2) is 9.37 Å². The number of amides is 1. The highest BCUT2D eigenvalue weighted by Crippen LogP contribution is 2.48. The van der Waals surface area contributed by atoms with Crippen LogP contribution in [0, 0.1) is 17.7 Å². The minimum atomic E-state index is -0.269. The summed E-state index contributed by atoms with van der Waals surface area (Å²) in [6, 6.07) is 17.5. The molecule has 5 rings (SSSR count). The van der Waals surface area contributed by atoms with Gasteiger partial charge in [-0.15, -0.1) is 18.2 Å². The molecule has 0 bridgehead atoms. The molecule has 3 aromatic rings. The second-order valence-corrected chi connectivity index (χ2v) is 9.72. The molecule has 1 saturated heterocycles. The molecule has 2 fully saturated rings. The smallest absolute Gasteiger partial charge is 0.257 e. The van der Waals surface area contributed by atoms with Crippen LogP contribution in [-0.4, -0.2) is 48.9 Å². The van der Waals surface area contributed by atoms with E-state index in [1.54, 1.807) is 36.4 Å². The number of benzene rings is 2. The number of hydrogen-bond donors (Lipinski definition) is 1. The van der Waals surface area contributed by atoms with Gasteiger partial charge >= 0.3 is 0 Å². The van der Waals surface area contributed by atoms with Crippen molar-refractivity contribution in [3.63, 3.8) is 0 Å². The highest BCUT2D eigenvalue weighted by atomic mass is 19.1. The van der Waals surface area contributed by atoms with E-state index in [0.29, 0.717) is 40.6 Å². The zero-order valence-corrected chi connectivity index (χ0v) is 20.7. The van der Waals surface area contributed by atoms with Gasteiger partial charge in [0.25, 0.3) is 5.91 Å². The van der Waals surface area contributed by atoms with Crippen LogP contribution in [0.4, 0.5) is 15.8 Å². The average Bonchev–Trinajstić information content (AvgIpc) is 3.70. The first-order chi connectivity index (χ1) is 18.1. The summed E-state index contributed by atoms with van der Waals surface area (Å²) in [5.41, 5.74) is 2.87. The fraction of sp³-hybridized carbons (Fsp3) is 0.345. The van der Waals surface area contributed by atoms with Gasteiger partial charge in [0, 0.05) is 25.4 Å². The second-order valence-electron chi connectivity index (χ2n) is 9.72. The largest absolute Gasteiger partial charge is 0.662 e. The van der Waals surface area contributed by atoms with Crippen LogP contribution in [0.3, 0.4) is 0 Å². The number of halogens is 1. The molecule has 0 spiro atoms. The molecule has 37 heavy (non-hydrogen) atoms. The number of aliphatic imine (C=N–C) groups is 1. The molecule has 192 valence electrons. The van der Waals surface area contributed by atoms with Gasteiger partial charge < -0.3 is 15.5 Å². The molecule has 1 N–H and O–H groups in total. The van der Waals surface area contributed by atoms with Gasteiger partial charge in [-0.1, -0.05) is 36.1 Å². The van der Waals surface area contributed by atoms with Crippen LogP contribution in [0.5, 0.6) is 5.88 Å². The van der Waals surface area contributed by atoms with Gasteiger partial charge in [0.2, 0.25) is 5.88 Å². The van der Waals surface area contributed by atoms with Gasteiger partial charge in [-0.05, 0) is 67.8 Å². The predicted octanol–water partition coefficient (Wildman–Crippen LogP) is 5.99. The van der Waals surface area contributed by atoms with Crippen LogP contribution in [-0.2, 0) is 0 Å². The van der Waals surface area contributed by atoms with E-state index in [-0.39, 0.29) is 11.7 Å². The first-order valence-corrected chi connectivity index (χ1v) is 12.7. The van der Waals surface area contributed by atoms with Crippen LogP contribution in [0.1, 0.15) is 41.1 Å². The van der Waals surface area contributed by atoms with Crippen LogP contribution in [0.25, 0.3) is 5.32 Å². The molecular formula is C29H31FN5O2-. The van der Waals surface area contributed by atoms with E-state index in [0.717, 1.165) is 45.4 Å². The molecular weight excluding hydrogens is 469 g/mol. The van der Waals surface area contributed by atoms with Crippen LogP contribution in [0.2, 0.25) is 0 Å². The third-order valence-electron chi connectivity index (χ3n) is 7.09. The third kappa shape index (κ3) is 6.58. The molecule has 1 aliphatic carbocycles. The Kier molecular flexibility index (Phi) is 7.87. The van der Waals surface area contributed by atoms with Crippen LogP contribution < -0.4 is 10.2 Å². The van der Waals surface area contributed by atoms with Crippen molar-refractivity contribution in [1.29, 1.82) is 0 Å². The molecule has 2 atom stereocenters. The Morgan fingerprint density at radius 3 is 2.62 bits per heavy atom. The third-order valence-corrected chi connectivity index (χ3v) is 7.09. The van der Waals surface area contributed by atoms with Crippen LogP contribution in [0.15, 0.2) is 71.9 Å². The Bertz CT molecular complexity index is 1210. The number of nitrogens with one attached hydrogen (secondary N) is 1. The zero-order valence-electron chi connectivity index (χ0n) is 20.7. The maximum atomic E-state index is 13.1. The highest BCUT2D eigenvalue weighted by Gasteiger charge is 2.35. The van der Waals surface area contributed by atoms with Crippen molar-refractivity contribution in [1.82, 2.24) is 10.0 Å². The number of carbonyl (C=O) groups excluding carboxylic acids is 1. The molecule has 1 aromatic heterocycles. The number of para-hydroxylation sites is 2. The Morgan fingerprint density at radius 1 is 1.11 bits per heavy atom. The second kappa shape index (κ2) is 11.6. The van der Waals surface area contributed by atoms with Crippen molar-refractivity contribution in [2.75, 3.05) is 31.5 Å². The number of carbonyl (C=O) groups is 1. The van der Waals surface area contributed by atoms with Crippen LogP contribution >= 0.6 is 0 Å². The monoisotopic (exact) mass is 500 g/mol. The number of hydrogen-bond acceptors (Lipinski definition) is 5. The van der Waals surface area contributed by atoms with Gasteiger partial charge in [0.1, 0.15) is 5.82 Å². The maximum Gasteiger partial charge on any atom is 0.257 e. The number of aromatic nitrogens is 1. The zero-order chi connectivity index (χ0) is 25.6. The molecule has 7 nitrogen and oxygen atoms in total. The predicted molar refractivity (Wildman–Crippen MR) is 143 cm³/mol. The Balaban J connectivity index is 1.01. The van der Waals surface area contributed by atoms with Crippen molar-refractivity contribution in [3.8, 4) is 5.88 Å². The highest BCUT2D eigenvalue weighted by molar-refractivity contribution is 6.05. The molecule has 0 radical (unpaired) electrons. The van der Waals surface area contributed by atoms with E-state index >= 15 is 0 Å². The minimum absolute atomic E-state index is 0.180. The summed E-state index contributed by atoms with van der Waals surface area (Å²) in [6.45, 7) is 6.94. The van der Waals surface area contributed by atoms with Gasteiger partial charge in [-0.3, -0.25) is 9.79 Å². The standard InChI is InChI=1S/C29H31FN5O2/c1-31-26-4-2-3-5-27(26)34-29(36)22-8-11-28(33-19-22)37-35-14-12-20(13-15-35)17-32-18-23-16-25(23)21-6-9-24(30)10-7-21/h2-11,19-20,23,25H,1,12-18H2,(H,34,36)/q-1. The number of anilines is 1. The lowest BCUT2D eigenvalue weighted by atomic mass is 9.98. The number of piperidine rings is 1. The SMILES string of the molecule is C=Nc1ccccc1NC(=O)c1ccc(ON2CCC(C[N-]CC3CC3c3ccc(F)cc3)CC2)nc1. The molecule has 2 unspecified atom stereocenters. The van der Waals surface area contributed by atoms with E-state index < -0.39 is 0 Å². The molecule has 1 amide bonds. The molecule has 2 heterocycles. The Labute approximate surface area is 216 Å². The normalized spacial score (nSPS) is 19.8. The number of pyridine rings is 1. The number of nitrogens with zero attached hydrogens (tertiary/aromatic N) is 4. The summed E-state index contributed by atoms with van der Waals surface area (Å²) < 4.78 is 13.1. The number of rotatable bonds is 10. The van der Waals surface area contributed by atoms with E-state index in [4.69, 9.17) is 10.2 Å². The fourth-order valence-electron chi connectivity index (χ4n) is 4.79. The van der Waals surface area contributed by atoms with Crippen molar-refractivity contribution < 1.29 is 14.0 Å². The van der Waals surface area contributed by atoms with Crippen molar-refractivity contribution >= 4 is 24.0 Å². The topological polar surface area (TPSA) is 80.9 Å². The fourth-order valence-corrected chi connectivity index (χ4v) is 4.79. The summed E-state index contributed by atoms with van der Waals surface area (Å²) in [6.07, 6.45) is 4.70. The summed E-state index contributed by atoms with van der Waals surface area (Å²) in [5.74, 6) is 1.71. The van der Waals surface area contributed by atoms with E-state index in [1.807, 2.05) is 29.3 Å². The molecule has 2 aromatic carbocycles. The van der Waals surface area contributed by atoms with Gasteiger partial charge in [0.15, 0.2) is 0 Å². The number of hydroxylamine groups is 2. The molecule has 1 aliphatic heterocycles. The lowest BCUT2D eigenvalue weighted by Crippen LogP contribution is -2.37. The Morgan fingerprint density at radius 2 is 1.89 bits per heavy atom. The van der Waals surface area contributed by atoms with Crippen molar-refractivity contribution in [2.24, 2.45) is 16.8 Å². The first kappa shape index (κ1) is 25.0. The van der Waals surface area contributed by atoms with Crippen molar-refractivity contribution in [3.05, 3.63) is 89.1 Å². The quantitative estimate of drug-likeness (QED) is 0.347. The van der Waals surface area contributed by atoms with Gasteiger partial charge in [0.05, 0.1) is 16.9 Å². The molecule has 8 heteroatoms. The van der Waals surface area contributed by atoms with E-state index in [2.05, 4.69) is 22.0 Å². The molecule has 1 saturated carbocycles. The maximum absolute atomic E-state index is 13.1. The average molecular weight is 501 g/mol. The lowest BCUT2D eigenvalue weighted by Gasteiger charge is -2.34. The Hall–Kier alpha value is -3.62. The summed E-state index contributed by atoms with van der Waals surface area (Å²) in [7, 11) is 0. The minimum Gasteiger partial charge on any atom is -0.662 e. The van der Waals surface area contributed by atoms with Gasteiger partial charge in [-0.2, -0.15) is 0 Å². The first-order valence-electron chi connectivity index (χ1n) is 12.7. The van der Waals surface area contributed by atoms with E-state index in [1.165, 1.54) is 11.8 Å². The summed E-state index contributed by atoms with van der Waals surface area (Å²) in [4.78, 5) is 26.7. The summed E-state index contributed by atoms with van der Waals surface area (Å²) >= 11 is 0. The lowest BCUT2D eigenvalue weighted by molar-refractivity contribution is -0.0840.